The maximum absolute atomic E-state index is 10.3. The fourth-order valence-corrected chi connectivity index (χ4v) is 1.08. The zero-order valence-electron chi connectivity index (χ0n) is 8.55. The van der Waals surface area contributed by atoms with Crippen LogP contribution in [0.1, 0.15) is 46.0 Å². The van der Waals surface area contributed by atoms with Gasteiger partial charge >= 0.3 is 5.97 Å². The van der Waals surface area contributed by atoms with Crippen LogP contribution in [0.5, 0.6) is 0 Å². The number of carbonyl (C=O) groups is 1. The first-order valence-electron chi connectivity index (χ1n) is 4.88. The molecule has 0 aliphatic carbocycles. The predicted molar refractivity (Wildman–Crippen MR) is 54.4 cm³/mol. The summed E-state index contributed by atoms with van der Waals surface area (Å²) in [5.74, 6) is -0.796. The van der Waals surface area contributed by atoms with Crippen molar-refractivity contribution >= 4 is 11.7 Å². The Morgan fingerprint density at radius 2 is 2.00 bits per heavy atom. The van der Waals surface area contributed by atoms with Crippen LogP contribution in [0, 0.1) is 0 Å². The number of carboxylic acids is 1. The van der Waals surface area contributed by atoms with E-state index in [0.29, 0.717) is 0 Å². The minimum Gasteiger partial charge on any atom is -0.481 e. The third-order valence-electron chi connectivity index (χ3n) is 1.80. The topological polar surface area (TPSA) is 49.7 Å². The van der Waals surface area contributed by atoms with Crippen LogP contribution in [-0.2, 0) is 4.79 Å². The van der Waals surface area contributed by atoms with Crippen LogP contribution in [0.2, 0.25) is 0 Å². The first-order chi connectivity index (χ1) is 6.16. The molecular formula is C10H19NO2. The summed E-state index contributed by atoms with van der Waals surface area (Å²) < 4.78 is 0. The summed E-state index contributed by atoms with van der Waals surface area (Å²) in [6.45, 7) is 4.71. The second kappa shape index (κ2) is 7.77. The zero-order valence-corrected chi connectivity index (χ0v) is 8.55. The third kappa shape index (κ3) is 9.05. The van der Waals surface area contributed by atoms with Gasteiger partial charge in [-0.1, -0.05) is 26.2 Å². The minimum absolute atomic E-state index is 0.0772. The molecule has 0 aliphatic heterocycles. The molecule has 0 saturated heterocycles. The van der Waals surface area contributed by atoms with E-state index >= 15 is 0 Å². The Morgan fingerprint density at radius 3 is 2.54 bits per heavy atom. The summed E-state index contributed by atoms with van der Waals surface area (Å²) in [5.41, 5.74) is 0.726. The van der Waals surface area contributed by atoms with E-state index in [9.17, 15) is 4.79 Å². The Kier molecular flexibility index (Phi) is 7.26. The molecule has 0 amide bonds. The van der Waals surface area contributed by atoms with Gasteiger partial charge in [0.05, 0.1) is 6.42 Å². The highest BCUT2D eigenvalue weighted by Gasteiger charge is 1.98. The lowest BCUT2D eigenvalue weighted by molar-refractivity contribution is -0.135. The molecule has 76 valence electrons. The van der Waals surface area contributed by atoms with E-state index in [-0.39, 0.29) is 6.42 Å². The summed E-state index contributed by atoms with van der Waals surface area (Å²) in [6.07, 6.45) is 4.81. The molecule has 3 heteroatoms. The third-order valence-corrected chi connectivity index (χ3v) is 1.80. The Bertz CT molecular complexity index is 176. The van der Waals surface area contributed by atoms with Gasteiger partial charge in [0.2, 0.25) is 0 Å². The molecule has 13 heavy (non-hydrogen) atoms. The first kappa shape index (κ1) is 12.1. The second-order valence-corrected chi connectivity index (χ2v) is 3.25. The van der Waals surface area contributed by atoms with Gasteiger partial charge in [0, 0.05) is 12.3 Å². The van der Waals surface area contributed by atoms with Crippen LogP contribution in [0.15, 0.2) is 4.99 Å². The van der Waals surface area contributed by atoms with Gasteiger partial charge in [-0.05, 0) is 13.3 Å². The van der Waals surface area contributed by atoms with E-state index in [1.54, 1.807) is 6.92 Å². The molecule has 0 bridgehead atoms. The SMILES string of the molecule is CCCCCC/N=C(/C)CC(=O)O. The van der Waals surface area contributed by atoms with E-state index in [4.69, 9.17) is 5.11 Å². The fourth-order valence-electron chi connectivity index (χ4n) is 1.08. The largest absolute Gasteiger partial charge is 0.481 e. The smallest absolute Gasteiger partial charge is 0.309 e. The molecule has 0 atom stereocenters. The molecule has 0 radical (unpaired) electrons. The van der Waals surface area contributed by atoms with Crippen molar-refractivity contribution in [3.05, 3.63) is 0 Å². The van der Waals surface area contributed by atoms with Gasteiger partial charge in [0.15, 0.2) is 0 Å². The summed E-state index contributed by atoms with van der Waals surface area (Å²) in [4.78, 5) is 14.4. The van der Waals surface area contributed by atoms with Crippen LogP contribution in [0.4, 0.5) is 0 Å². The molecule has 0 spiro atoms. The maximum atomic E-state index is 10.3. The van der Waals surface area contributed by atoms with Crippen LogP contribution < -0.4 is 0 Å². The molecule has 0 aromatic rings. The van der Waals surface area contributed by atoms with Crippen molar-refractivity contribution in [3.63, 3.8) is 0 Å². The number of hydrogen-bond acceptors (Lipinski definition) is 2. The lowest BCUT2D eigenvalue weighted by atomic mass is 10.2. The van der Waals surface area contributed by atoms with Crippen molar-refractivity contribution in [2.24, 2.45) is 4.99 Å². The standard InChI is InChI=1S/C10H19NO2/c1-3-4-5-6-7-11-9(2)8-10(12)13/h3-8H2,1-2H3,(H,12,13)/b11-9-. The Balaban J connectivity index is 3.42. The number of hydrogen-bond donors (Lipinski definition) is 1. The van der Waals surface area contributed by atoms with Gasteiger partial charge in [-0.25, -0.2) is 0 Å². The number of rotatable bonds is 7. The van der Waals surface area contributed by atoms with Crippen molar-refractivity contribution in [2.45, 2.75) is 46.0 Å². The normalized spacial score (nSPS) is 11.7. The molecule has 0 fully saturated rings. The average molecular weight is 185 g/mol. The van der Waals surface area contributed by atoms with Crippen molar-refractivity contribution in [3.8, 4) is 0 Å². The molecule has 0 aromatic heterocycles. The molecular weight excluding hydrogens is 166 g/mol. The van der Waals surface area contributed by atoms with Gasteiger partial charge in [-0.15, -0.1) is 0 Å². The summed E-state index contributed by atoms with van der Waals surface area (Å²) >= 11 is 0. The number of aliphatic carboxylic acids is 1. The number of carboxylic acid groups (broad SMARTS) is 1. The highest BCUT2D eigenvalue weighted by atomic mass is 16.4. The molecule has 3 nitrogen and oxygen atoms in total. The predicted octanol–water partition coefficient (Wildman–Crippen LogP) is 2.50. The average Bonchev–Trinajstić information content (AvgIpc) is 2.02. The van der Waals surface area contributed by atoms with Crippen molar-refractivity contribution in [2.75, 3.05) is 6.54 Å². The van der Waals surface area contributed by atoms with Crippen LogP contribution in [0.3, 0.4) is 0 Å². The lowest BCUT2D eigenvalue weighted by Gasteiger charge is -1.97. The highest BCUT2D eigenvalue weighted by Crippen LogP contribution is 1.99. The van der Waals surface area contributed by atoms with Gasteiger partial charge in [-0.2, -0.15) is 0 Å². The Morgan fingerprint density at radius 1 is 1.31 bits per heavy atom. The Labute approximate surface area is 79.9 Å². The summed E-state index contributed by atoms with van der Waals surface area (Å²) in [6, 6.07) is 0. The number of aliphatic imine (C=N–C) groups is 1. The monoisotopic (exact) mass is 185 g/mol. The van der Waals surface area contributed by atoms with Crippen LogP contribution >= 0.6 is 0 Å². The van der Waals surface area contributed by atoms with E-state index < -0.39 is 5.97 Å². The molecule has 1 N–H and O–H groups in total. The quantitative estimate of drug-likeness (QED) is 0.489. The van der Waals surface area contributed by atoms with Crippen molar-refractivity contribution in [1.29, 1.82) is 0 Å². The van der Waals surface area contributed by atoms with E-state index in [2.05, 4.69) is 11.9 Å². The minimum atomic E-state index is -0.796. The molecule has 0 unspecified atom stereocenters. The van der Waals surface area contributed by atoms with Gasteiger partial charge in [0.1, 0.15) is 0 Å². The maximum Gasteiger partial charge on any atom is 0.309 e. The highest BCUT2D eigenvalue weighted by molar-refractivity contribution is 5.96. The summed E-state index contributed by atoms with van der Waals surface area (Å²) in [5, 5.41) is 8.44. The first-order valence-corrected chi connectivity index (χ1v) is 4.88. The van der Waals surface area contributed by atoms with Crippen molar-refractivity contribution < 1.29 is 9.90 Å². The molecule has 0 aromatic carbocycles. The van der Waals surface area contributed by atoms with Crippen molar-refractivity contribution in [1.82, 2.24) is 0 Å². The number of unbranched alkanes of at least 4 members (excludes halogenated alkanes) is 3. The molecule has 0 aliphatic rings. The van der Waals surface area contributed by atoms with E-state index in [0.717, 1.165) is 18.7 Å². The van der Waals surface area contributed by atoms with Gasteiger partial charge < -0.3 is 5.11 Å². The molecule has 0 rings (SSSR count). The lowest BCUT2D eigenvalue weighted by Crippen LogP contribution is -2.03. The van der Waals surface area contributed by atoms with E-state index in [1.165, 1.54) is 19.3 Å². The van der Waals surface area contributed by atoms with Gasteiger partial charge in [-0.3, -0.25) is 9.79 Å². The van der Waals surface area contributed by atoms with Gasteiger partial charge in [0.25, 0.3) is 0 Å². The van der Waals surface area contributed by atoms with E-state index in [1.807, 2.05) is 0 Å². The second-order valence-electron chi connectivity index (χ2n) is 3.25. The summed E-state index contributed by atoms with van der Waals surface area (Å²) in [7, 11) is 0. The molecule has 0 saturated carbocycles. The van der Waals surface area contributed by atoms with Crippen LogP contribution in [-0.4, -0.2) is 23.3 Å². The number of nitrogens with zero attached hydrogens (tertiary/aromatic N) is 1. The van der Waals surface area contributed by atoms with Crippen LogP contribution in [0.25, 0.3) is 0 Å². The zero-order chi connectivity index (χ0) is 10.1. The fraction of sp³-hybridized carbons (Fsp3) is 0.800. The Hall–Kier alpha value is -0.860. The molecule has 0 heterocycles.